The van der Waals surface area contributed by atoms with E-state index in [1.54, 1.807) is 0 Å². The second-order valence-corrected chi connectivity index (χ2v) is 4.55. The number of halogens is 4. The molecule has 0 spiro atoms. The van der Waals surface area contributed by atoms with E-state index in [1.165, 1.54) is 0 Å². The van der Waals surface area contributed by atoms with E-state index in [9.17, 15) is 13.2 Å². The average molecular weight is 277 g/mol. The molecule has 0 radical (unpaired) electrons. The molecular formula is C9H16BrF3O. The zero-order valence-electron chi connectivity index (χ0n) is 8.40. The highest BCUT2D eigenvalue weighted by atomic mass is 79.9. The molecule has 5 heteroatoms. The summed E-state index contributed by atoms with van der Waals surface area (Å²) in [5, 5.41) is 0. The lowest BCUT2D eigenvalue weighted by Gasteiger charge is -2.16. The van der Waals surface area contributed by atoms with Crippen LogP contribution in [0.3, 0.4) is 0 Å². The van der Waals surface area contributed by atoms with Crippen molar-refractivity contribution in [2.24, 2.45) is 5.92 Å². The molecule has 0 bridgehead atoms. The molecule has 0 aromatic rings. The molecule has 0 aliphatic carbocycles. The Morgan fingerprint density at radius 2 is 1.86 bits per heavy atom. The molecular weight excluding hydrogens is 261 g/mol. The van der Waals surface area contributed by atoms with Crippen LogP contribution >= 0.6 is 15.9 Å². The fraction of sp³-hybridized carbons (Fsp3) is 1.00. The highest BCUT2D eigenvalue weighted by Crippen LogP contribution is 2.26. The van der Waals surface area contributed by atoms with Crippen LogP contribution in [-0.2, 0) is 4.74 Å². The number of hydrogen-bond donors (Lipinski definition) is 0. The monoisotopic (exact) mass is 276 g/mol. The van der Waals surface area contributed by atoms with E-state index < -0.39 is 11.0 Å². The molecule has 1 nitrogen and oxygen atoms in total. The van der Waals surface area contributed by atoms with E-state index in [2.05, 4.69) is 15.9 Å². The summed E-state index contributed by atoms with van der Waals surface area (Å²) < 4.78 is 41.0. The third-order valence-corrected chi connectivity index (χ3v) is 2.59. The maximum atomic E-state index is 12.0. The minimum Gasteiger partial charge on any atom is -0.380 e. The predicted octanol–water partition coefficient (Wildman–Crippen LogP) is 3.77. The SMILES string of the molecule is CCCC(C)COCC(Br)C(F)(F)F. The Morgan fingerprint density at radius 1 is 1.29 bits per heavy atom. The number of alkyl halides is 4. The van der Waals surface area contributed by atoms with Crippen LogP contribution in [0.2, 0.25) is 0 Å². The van der Waals surface area contributed by atoms with Crippen LogP contribution in [-0.4, -0.2) is 24.2 Å². The third kappa shape index (κ3) is 6.65. The number of ether oxygens (including phenoxy) is 1. The van der Waals surface area contributed by atoms with Gasteiger partial charge in [-0.1, -0.05) is 36.2 Å². The fourth-order valence-corrected chi connectivity index (χ4v) is 1.23. The molecule has 2 unspecified atom stereocenters. The van der Waals surface area contributed by atoms with Crippen LogP contribution in [0.1, 0.15) is 26.7 Å². The highest BCUT2D eigenvalue weighted by molar-refractivity contribution is 9.09. The predicted molar refractivity (Wildman–Crippen MR) is 53.7 cm³/mol. The summed E-state index contributed by atoms with van der Waals surface area (Å²) in [7, 11) is 0. The van der Waals surface area contributed by atoms with Crippen LogP contribution in [0.25, 0.3) is 0 Å². The Bertz CT molecular complexity index is 149. The van der Waals surface area contributed by atoms with Crippen molar-refractivity contribution in [2.45, 2.75) is 37.7 Å². The van der Waals surface area contributed by atoms with Crippen molar-refractivity contribution < 1.29 is 17.9 Å². The van der Waals surface area contributed by atoms with E-state index >= 15 is 0 Å². The minimum absolute atomic E-state index is 0.308. The van der Waals surface area contributed by atoms with Crippen LogP contribution < -0.4 is 0 Å². The van der Waals surface area contributed by atoms with Crippen LogP contribution in [0.15, 0.2) is 0 Å². The van der Waals surface area contributed by atoms with Gasteiger partial charge in [0.15, 0.2) is 0 Å². The Balaban J connectivity index is 3.54. The zero-order chi connectivity index (χ0) is 11.2. The van der Waals surface area contributed by atoms with E-state index in [0.29, 0.717) is 12.5 Å². The Morgan fingerprint density at radius 3 is 2.29 bits per heavy atom. The van der Waals surface area contributed by atoms with Gasteiger partial charge in [0.1, 0.15) is 4.83 Å². The van der Waals surface area contributed by atoms with Gasteiger partial charge in [0.2, 0.25) is 0 Å². The molecule has 0 rings (SSSR count). The number of rotatable bonds is 6. The van der Waals surface area contributed by atoms with Crippen LogP contribution in [0.4, 0.5) is 13.2 Å². The molecule has 0 heterocycles. The number of hydrogen-bond acceptors (Lipinski definition) is 1. The fourth-order valence-electron chi connectivity index (χ4n) is 1.04. The smallest absolute Gasteiger partial charge is 0.380 e. The summed E-state index contributed by atoms with van der Waals surface area (Å²) in [6.07, 6.45) is -2.20. The Kier molecular flexibility index (Phi) is 6.78. The molecule has 14 heavy (non-hydrogen) atoms. The van der Waals surface area contributed by atoms with Crippen molar-refractivity contribution >= 4 is 15.9 Å². The van der Waals surface area contributed by atoms with Gasteiger partial charge < -0.3 is 4.74 Å². The standard InChI is InChI=1S/C9H16BrF3O/c1-3-4-7(2)5-14-6-8(10)9(11,12)13/h7-8H,3-6H2,1-2H3. The summed E-state index contributed by atoms with van der Waals surface area (Å²) in [5.41, 5.74) is 0. The molecule has 0 saturated carbocycles. The van der Waals surface area contributed by atoms with E-state index in [4.69, 9.17) is 4.74 Å². The van der Waals surface area contributed by atoms with Crippen molar-refractivity contribution in [3.05, 3.63) is 0 Å². The van der Waals surface area contributed by atoms with Gasteiger partial charge in [0.05, 0.1) is 6.61 Å². The first-order valence-corrected chi connectivity index (χ1v) is 5.58. The maximum Gasteiger partial charge on any atom is 0.403 e. The quantitative estimate of drug-likeness (QED) is 0.671. The lowest BCUT2D eigenvalue weighted by molar-refractivity contribution is -0.138. The molecule has 2 atom stereocenters. The van der Waals surface area contributed by atoms with Gasteiger partial charge >= 0.3 is 6.18 Å². The van der Waals surface area contributed by atoms with Gasteiger partial charge in [0, 0.05) is 6.61 Å². The van der Waals surface area contributed by atoms with Crippen molar-refractivity contribution in [3.63, 3.8) is 0 Å². The largest absolute Gasteiger partial charge is 0.403 e. The zero-order valence-corrected chi connectivity index (χ0v) is 9.99. The summed E-state index contributed by atoms with van der Waals surface area (Å²) in [6, 6.07) is 0. The van der Waals surface area contributed by atoms with Crippen molar-refractivity contribution in [2.75, 3.05) is 13.2 Å². The van der Waals surface area contributed by atoms with Crippen LogP contribution in [0, 0.1) is 5.92 Å². The molecule has 0 aliphatic heterocycles. The van der Waals surface area contributed by atoms with Gasteiger partial charge in [-0.15, -0.1) is 0 Å². The first-order chi connectivity index (χ1) is 6.38. The van der Waals surface area contributed by atoms with Gasteiger partial charge in [0.25, 0.3) is 0 Å². The molecule has 86 valence electrons. The third-order valence-electron chi connectivity index (χ3n) is 1.80. The lowest BCUT2D eigenvalue weighted by atomic mass is 10.1. The van der Waals surface area contributed by atoms with Crippen molar-refractivity contribution in [1.29, 1.82) is 0 Å². The second-order valence-electron chi connectivity index (χ2n) is 3.44. The Hall–Kier alpha value is 0.230. The average Bonchev–Trinajstić information content (AvgIpc) is 2.02. The minimum atomic E-state index is -4.21. The van der Waals surface area contributed by atoms with Gasteiger partial charge in [-0.05, 0) is 12.3 Å². The lowest BCUT2D eigenvalue weighted by Crippen LogP contribution is -2.28. The first kappa shape index (κ1) is 14.2. The molecule has 0 aliphatic rings. The van der Waals surface area contributed by atoms with Crippen LogP contribution in [0.5, 0.6) is 0 Å². The molecule has 0 amide bonds. The second kappa shape index (κ2) is 6.67. The first-order valence-electron chi connectivity index (χ1n) is 4.66. The summed E-state index contributed by atoms with van der Waals surface area (Å²) in [4.78, 5) is -1.55. The van der Waals surface area contributed by atoms with Gasteiger partial charge in [-0.3, -0.25) is 0 Å². The summed E-state index contributed by atoms with van der Waals surface area (Å²) in [5.74, 6) is 0.327. The van der Waals surface area contributed by atoms with Gasteiger partial charge in [-0.2, -0.15) is 13.2 Å². The molecule has 0 N–H and O–H groups in total. The molecule has 0 saturated heterocycles. The topological polar surface area (TPSA) is 9.23 Å². The summed E-state index contributed by atoms with van der Waals surface area (Å²) in [6.45, 7) is 4.10. The normalized spacial score (nSPS) is 16.7. The van der Waals surface area contributed by atoms with Crippen molar-refractivity contribution in [3.8, 4) is 0 Å². The van der Waals surface area contributed by atoms with E-state index in [0.717, 1.165) is 12.8 Å². The molecule has 0 aromatic carbocycles. The molecule has 0 aromatic heterocycles. The van der Waals surface area contributed by atoms with Crippen molar-refractivity contribution in [1.82, 2.24) is 0 Å². The molecule has 0 fully saturated rings. The summed E-state index contributed by atoms with van der Waals surface area (Å²) >= 11 is 2.54. The maximum absolute atomic E-state index is 12.0. The van der Waals surface area contributed by atoms with E-state index in [-0.39, 0.29) is 6.61 Å². The van der Waals surface area contributed by atoms with Gasteiger partial charge in [-0.25, -0.2) is 0 Å². The Labute approximate surface area is 91.1 Å². The highest BCUT2D eigenvalue weighted by Gasteiger charge is 2.37. The van der Waals surface area contributed by atoms with E-state index in [1.807, 2.05) is 13.8 Å².